The van der Waals surface area contributed by atoms with E-state index in [1.807, 2.05) is 0 Å². The summed E-state index contributed by atoms with van der Waals surface area (Å²) in [6, 6.07) is 5.01. The van der Waals surface area contributed by atoms with Crippen LogP contribution in [-0.4, -0.2) is 29.7 Å². The fourth-order valence-electron chi connectivity index (χ4n) is 2.53. The number of nitrogens with zero attached hydrogens (tertiary/aromatic N) is 1. The quantitative estimate of drug-likeness (QED) is 0.798. The van der Waals surface area contributed by atoms with Crippen LogP contribution >= 0.6 is 0 Å². The molecule has 3 rings (SSSR count). The molecule has 1 atom stereocenters. The van der Waals surface area contributed by atoms with Gasteiger partial charge in [-0.25, -0.2) is 4.79 Å². The lowest BCUT2D eigenvalue weighted by atomic mass is 10.2. The van der Waals surface area contributed by atoms with E-state index in [2.05, 4.69) is 5.32 Å². The Morgan fingerprint density at radius 2 is 2.33 bits per heavy atom. The van der Waals surface area contributed by atoms with E-state index in [1.165, 1.54) is 4.57 Å². The monoisotopic (exact) mass is 291 g/mol. The fraction of sp³-hybridized carbons (Fsp3) is 0.429. The summed E-state index contributed by atoms with van der Waals surface area (Å²) in [7, 11) is 0. The number of hydrogen-bond donors (Lipinski definition) is 2. The Morgan fingerprint density at radius 3 is 3.10 bits per heavy atom. The van der Waals surface area contributed by atoms with Crippen LogP contribution in [0.1, 0.15) is 12.8 Å². The lowest BCUT2D eigenvalue weighted by Crippen LogP contribution is -2.35. The minimum Gasteiger partial charge on any atom is -0.408 e. The van der Waals surface area contributed by atoms with Gasteiger partial charge in [0.15, 0.2) is 5.58 Å². The highest BCUT2D eigenvalue weighted by molar-refractivity contribution is 5.87. The third-order valence-electron chi connectivity index (χ3n) is 3.57. The fourth-order valence-corrected chi connectivity index (χ4v) is 2.53. The number of nitrogens with two attached hydrogens (primary N) is 1. The van der Waals surface area contributed by atoms with Gasteiger partial charge >= 0.3 is 5.76 Å². The van der Waals surface area contributed by atoms with Crippen molar-refractivity contribution in [2.45, 2.75) is 25.5 Å². The van der Waals surface area contributed by atoms with Crippen LogP contribution in [0.4, 0.5) is 5.69 Å². The van der Waals surface area contributed by atoms with Crippen molar-refractivity contribution in [3.8, 4) is 0 Å². The van der Waals surface area contributed by atoms with E-state index in [9.17, 15) is 9.59 Å². The number of amides is 1. The topological polar surface area (TPSA) is 99.5 Å². The first-order chi connectivity index (χ1) is 10.1. The maximum Gasteiger partial charge on any atom is 0.420 e. The number of rotatable bonds is 4. The Balaban J connectivity index is 1.73. The van der Waals surface area contributed by atoms with Gasteiger partial charge in [0.2, 0.25) is 5.91 Å². The van der Waals surface area contributed by atoms with Crippen molar-refractivity contribution in [1.29, 1.82) is 0 Å². The molecule has 1 saturated heterocycles. The number of fused-ring (bicyclic) bond motifs is 1. The van der Waals surface area contributed by atoms with E-state index in [0.29, 0.717) is 23.3 Å². The molecule has 1 aliphatic heterocycles. The molecule has 1 aromatic carbocycles. The summed E-state index contributed by atoms with van der Waals surface area (Å²) in [5.74, 6) is -0.853. The standard InChI is InChI=1S/C14H17N3O4/c15-10-4-1-5-11-13(10)17(14(19)21-11)8-12(18)16-7-9-3-2-6-20-9/h1,4-5,9H,2-3,6-8,15H2,(H,16,18). The Hall–Kier alpha value is -2.28. The highest BCUT2D eigenvalue weighted by Crippen LogP contribution is 2.19. The van der Waals surface area contributed by atoms with E-state index in [4.69, 9.17) is 14.9 Å². The number of carbonyl (C=O) groups excluding carboxylic acids is 1. The number of nitrogens with one attached hydrogen (secondary N) is 1. The Bertz CT molecular complexity index is 713. The number of benzene rings is 1. The van der Waals surface area contributed by atoms with Gasteiger partial charge in [0, 0.05) is 13.2 Å². The summed E-state index contributed by atoms with van der Waals surface area (Å²) >= 11 is 0. The Morgan fingerprint density at radius 1 is 1.48 bits per heavy atom. The normalized spacial score (nSPS) is 18.2. The largest absolute Gasteiger partial charge is 0.420 e. The molecular weight excluding hydrogens is 274 g/mol. The van der Waals surface area contributed by atoms with Crippen molar-refractivity contribution in [3.05, 3.63) is 28.7 Å². The second-order valence-electron chi connectivity index (χ2n) is 5.09. The predicted molar refractivity (Wildman–Crippen MR) is 76.9 cm³/mol. The van der Waals surface area contributed by atoms with Gasteiger partial charge in [-0.15, -0.1) is 0 Å². The van der Waals surface area contributed by atoms with Crippen molar-refractivity contribution < 1.29 is 13.9 Å². The molecule has 0 bridgehead atoms. The molecule has 21 heavy (non-hydrogen) atoms. The Kier molecular flexibility index (Phi) is 3.66. The molecule has 0 aliphatic carbocycles. The van der Waals surface area contributed by atoms with E-state index >= 15 is 0 Å². The molecule has 7 heteroatoms. The minimum atomic E-state index is -0.588. The smallest absolute Gasteiger partial charge is 0.408 e. The number of hydrogen-bond acceptors (Lipinski definition) is 5. The average Bonchev–Trinajstić information content (AvgIpc) is 3.06. The molecule has 3 N–H and O–H groups in total. The zero-order valence-electron chi connectivity index (χ0n) is 11.5. The number of carbonyl (C=O) groups is 1. The SMILES string of the molecule is Nc1cccc2oc(=O)n(CC(=O)NCC3CCCO3)c12. The number of ether oxygens (including phenoxy) is 1. The van der Waals surface area contributed by atoms with Gasteiger partial charge in [-0.3, -0.25) is 9.36 Å². The highest BCUT2D eigenvalue weighted by Gasteiger charge is 2.18. The van der Waals surface area contributed by atoms with Gasteiger partial charge in [0.25, 0.3) is 0 Å². The molecular formula is C14H17N3O4. The molecule has 0 spiro atoms. The van der Waals surface area contributed by atoms with Crippen LogP contribution in [0.25, 0.3) is 11.1 Å². The van der Waals surface area contributed by atoms with E-state index in [-0.39, 0.29) is 18.6 Å². The Labute approximate surface area is 120 Å². The maximum absolute atomic E-state index is 12.0. The number of oxazole rings is 1. The van der Waals surface area contributed by atoms with Crippen LogP contribution in [0.3, 0.4) is 0 Å². The molecule has 2 heterocycles. The van der Waals surface area contributed by atoms with Gasteiger partial charge in [0.1, 0.15) is 12.1 Å². The van der Waals surface area contributed by atoms with Crippen LogP contribution in [0, 0.1) is 0 Å². The molecule has 1 aliphatic rings. The van der Waals surface area contributed by atoms with Crippen molar-refractivity contribution >= 4 is 22.7 Å². The van der Waals surface area contributed by atoms with Gasteiger partial charge in [-0.1, -0.05) is 6.07 Å². The summed E-state index contributed by atoms with van der Waals surface area (Å²) in [5.41, 5.74) is 7.09. The third-order valence-corrected chi connectivity index (χ3v) is 3.57. The first-order valence-electron chi connectivity index (χ1n) is 6.91. The second-order valence-corrected chi connectivity index (χ2v) is 5.09. The van der Waals surface area contributed by atoms with Crippen molar-refractivity contribution in [3.63, 3.8) is 0 Å². The van der Waals surface area contributed by atoms with Gasteiger partial charge in [-0.2, -0.15) is 0 Å². The zero-order chi connectivity index (χ0) is 14.8. The number of aromatic nitrogens is 1. The summed E-state index contributed by atoms with van der Waals surface area (Å²) in [5, 5.41) is 2.77. The highest BCUT2D eigenvalue weighted by atomic mass is 16.5. The number of anilines is 1. The minimum absolute atomic E-state index is 0.0665. The summed E-state index contributed by atoms with van der Waals surface area (Å²) in [4.78, 5) is 23.8. The van der Waals surface area contributed by atoms with Gasteiger partial charge in [0.05, 0.1) is 11.8 Å². The van der Waals surface area contributed by atoms with Gasteiger partial charge < -0.3 is 20.2 Å². The molecule has 0 saturated carbocycles. The van der Waals surface area contributed by atoms with Crippen LogP contribution in [-0.2, 0) is 16.1 Å². The molecule has 112 valence electrons. The lowest BCUT2D eigenvalue weighted by molar-refractivity contribution is -0.122. The molecule has 7 nitrogen and oxygen atoms in total. The molecule has 0 radical (unpaired) electrons. The zero-order valence-corrected chi connectivity index (χ0v) is 11.5. The molecule has 2 aromatic rings. The number of nitrogen functional groups attached to an aromatic ring is 1. The summed E-state index contributed by atoms with van der Waals surface area (Å²) < 4.78 is 11.8. The molecule has 1 aromatic heterocycles. The van der Waals surface area contributed by atoms with Crippen molar-refractivity contribution in [2.75, 3.05) is 18.9 Å². The third kappa shape index (κ3) is 2.78. The van der Waals surface area contributed by atoms with E-state index in [0.717, 1.165) is 19.4 Å². The van der Waals surface area contributed by atoms with E-state index in [1.54, 1.807) is 18.2 Å². The van der Waals surface area contributed by atoms with Crippen LogP contribution in [0.15, 0.2) is 27.4 Å². The molecule has 1 amide bonds. The van der Waals surface area contributed by atoms with Crippen LogP contribution in [0.5, 0.6) is 0 Å². The number of para-hydroxylation sites is 1. The van der Waals surface area contributed by atoms with Gasteiger partial charge in [-0.05, 0) is 25.0 Å². The molecule has 1 unspecified atom stereocenters. The summed E-state index contributed by atoms with van der Waals surface area (Å²) in [6.07, 6.45) is 2.03. The first kappa shape index (κ1) is 13.7. The maximum atomic E-state index is 12.0. The first-order valence-corrected chi connectivity index (χ1v) is 6.91. The molecule has 1 fully saturated rings. The van der Waals surface area contributed by atoms with Crippen LogP contribution < -0.4 is 16.8 Å². The second kappa shape index (κ2) is 5.61. The lowest BCUT2D eigenvalue weighted by Gasteiger charge is -2.11. The van der Waals surface area contributed by atoms with Crippen molar-refractivity contribution in [2.24, 2.45) is 0 Å². The predicted octanol–water partition coefficient (Wildman–Crippen LogP) is 0.472. The van der Waals surface area contributed by atoms with Crippen molar-refractivity contribution in [1.82, 2.24) is 9.88 Å². The van der Waals surface area contributed by atoms with Crippen LogP contribution in [0.2, 0.25) is 0 Å². The van der Waals surface area contributed by atoms with E-state index < -0.39 is 5.76 Å². The average molecular weight is 291 g/mol. The summed E-state index contributed by atoms with van der Waals surface area (Å²) in [6.45, 7) is 1.08.